The summed E-state index contributed by atoms with van der Waals surface area (Å²) in [6, 6.07) is 11.3. The number of anilines is 1. The van der Waals surface area contributed by atoms with Gasteiger partial charge in [0.25, 0.3) is 5.91 Å². The Morgan fingerprint density at radius 3 is 2.22 bits per heavy atom. The molecule has 7 heteroatoms. The van der Waals surface area contributed by atoms with E-state index in [-0.39, 0.29) is 18.0 Å². The van der Waals surface area contributed by atoms with Crippen LogP contribution in [0.15, 0.2) is 42.5 Å². The van der Waals surface area contributed by atoms with Gasteiger partial charge in [-0.2, -0.15) is 0 Å². The molecule has 0 aliphatic rings. The molecular formula is C20H23Cl2N3O2. The minimum Gasteiger partial charge on any atom is -0.339 e. The SMILES string of the molecule is CCN(CC)C(=O)c1ccc(NC(=O)NC(C)c2ccc(Cl)cc2Cl)cc1. The zero-order valence-electron chi connectivity index (χ0n) is 15.6. The highest BCUT2D eigenvalue weighted by molar-refractivity contribution is 6.35. The molecule has 0 saturated carbocycles. The van der Waals surface area contributed by atoms with Crippen molar-refractivity contribution in [3.8, 4) is 0 Å². The Morgan fingerprint density at radius 2 is 1.67 bits per heavy atom. The zero-order valence-corrected chi connectivity index (χ0v) is 17.1. The Labute approximate surface area is 169 Å². The molecular weight excluding hydrogens is 385 g/mol. The van der Waals surface area contributed by atoms with E-state index in [9.17, 15) is 9.59 Å². The van der Waals surface area contributed by atoms with Crippen LogP contribution in [0.5, 0.6) is 0 Å². The molecule has 0 aliphatic heterocycles. The minimum atomic E-state index is -0.365. The number of urea groups is 1. The van der Waals surface area contributed by atoms with Gasteiger partial charge in [-0.3, -0.25) is 4.79 Å². The third-order valence-corrected chi connectivity index (χ3v) is 4.78. The second-order valence-electron chi connectivity index (χ2n) is 6.04. The van der Waals surface area contributed by atoms with Crippen molar-refractivity contribution < 1.29 is 9.59 Å². The number of benzene rings is 2. The summed E-state index contributed by atoms with van der Waals surface area (Å²) >= 11 is 12.1. The first-order valence-electron chi connectivity index (χ1n) is 8.77. The van der Waals surface area contributed by atoms with E-state index in [2.05, 4.69) is 10.6 Å². The fourth-order valence-corrected chi connectivity index (χ4v) is 3.26. The van der Waals surface area contributed by atoms with Crippen LogP contribution in [0.2, 0.25) is 10.0 Å². The minimum absolute atomic E-state index is 0.0259. The predicted octanol–water partition coefficient (Wildman–Crippen LogP) is 5.36. The van der Waals surface area contributed by atoms with Crippen LogP contribution in [0.4, 0.5) is 10.5 Å². The molecule has 2 aromatic carbocycles. The molecule has 0 heterocycles. The maximum Gasteiger partial charge on any atom is 0.319 e. The van der Waals surface area contributed by atoms with Gasteiger partial charge < -0.3 is 15.5 Å². The summed E-state index contributed by atoms with van der Waals surface area (Å²) in [6.45, 7) is 7.03. The maximum atomic E-state index is 12.3. The molecule has 3 amide bonds. The molecule has 2 N–H and O–H groups in total. The van der Waals surface area contributed by atoms with Gasteiger partial charge >= 0.3 is 6.03 Å². The van der Waals surface area contributed by atoms with E-state index >= 15 is 0 Å². The lowest BCUT2D eigenvalue weighted by atomic mass is 10.1. The highest BCUT2D eigenvalue weighted by Crippen LogP contribution is 2.26. The van der Waals surface area contributed by atoms with Crippen molar-refractivity contribution >= 4 is 40.8 Å². The zero-order chi connectivity index (χ0) is 20.0. The van der Waals surface area contributed by atoms with E-state index in [1.54, 1.807) is 47.4 Å². The van der Waals surface area contributed by atoms with Crippen LogP contribution in [0.25, 0.3) is 0 Å². The van der Waals surface area contributed by atoms with E-state index < -0.39 is 0 Å². The number of carbonyl (C=O) groups is 2. The van der Waals surface area contributed by atoms with Crippen LogP contribution in [0, 0.1) is 0 Å². The Kier molecular flexibility index (Phi) is 7.51. The second-order valence-corrected chi connectivity index (χ2v) is 6.88. The van der Waals surface area contributed by atoms with Gasteiger partial charge in [-0.15, -0.1) is 0 Å². The Hall–Kier alpha value is -2.24. The Balaban J connectivity index is 1.98. The molecule has 0 aliphatic carbocycles. The first-order valence-corrected chi connectivity index (χ1v) is 9.53. The van der Waals surface area contributed by atoms with Crippen molar-refractivity contribution in [2.24, 2.45) is 0 Å². The Bertz CT molecular complexity index is 805. The van der Waals surface area contributed by atoms with Crippen LogP contribution in [-0.2, 0) is 0 Å². The van der Waals surface area contributed by atoms with Gasteiger partial charge in [-0.25, -0.2) is 4.79 Å². The number of amides is 3. The van der Waals surface area contributed by atoms with Crippen LogP contribution in [0.1, 0.15) is 42.7 Å². The largest absolute Gasteiger partial charge is 0.339 e. The number of hydrogen-bond donors (Lipinski definition) is 2. The molecule has 0 aromatic heterocycles. The number of carbonyl (C=O) groups excluding carboxylic acids is 2. The summed E-state index contributed by atoms with van der Waals surface area (Å²) < 4.78 is 0. The van der Waals surface area contributed by atoms with Crippen molar-refractivity contribution in [3.05, 3.63) is 63.6 Å². The number of halogens is 2. The summed E-state index contributed by atoms with van der Waals surface area (Å²) in [5, 5.41) is 6.62. The van der Waals surface area contributed by atoms with Crippen LogP contribution >= 0.6 is 23.2 Å². The summed E-state index contributed by atoms with van der Waals surface area (Å²) in [5.41, 5.74) is 1.96. The molecule has 0 saturated heterocycles. The molecule has 0 radical (unpaired) electrons. The molecule has 1 atom stereocenters. The van der Waals surface area contributed by atoms with Crippen LogP contribution in [-0.4, -0.2) is 29.9 Å². The van der Waals surface area contributed by atoms with Crippen molar-refractivity contribution in [2.75, 3.05) is 18.4 Å². The van der Waals surface area contributed by atoms with Gasteiger partial charge in [0.15, 0.2) is 0 Å². The number of nitrogens with one attached hydrogen (secondary N) is 2. The second kappa shape index (κ2) is 9.62. The highest BCUT2D eigenvalue weighted by atomic mass is 35.5. The third-order valence-electron chi connectivity index (χ3n) is 4.22. The maximum absolute atomic E-state index is 12.3. The van der Waals surface area contributed by atoms with E-state index in [0.717, 1.165) is 5.56 Å². The lowest BCUT2D eigenvalue weighted by Gasteiger charge is -2.19. The monoisotopic (exact) mass is 407 g/mol. The Morgan fingerprint density at radius 1 is 1.04 bits per heavy atom. The molecule has 0 bridgehead atoms. The lowest BCUT2D eigenvalue weighted by molar-refractivity contribution is 0.0773. The molecule has 144 valence electrons. The number of nitrogens with zero attached hydrogens (tertiary/aromatic N) is 1. The van der Waals surface area contributed by atoms with Gasteiger partial charge in [0.05, 0.1) is 6.04 Å². The van der Waals surface area contributed by atoms with Gasteiger partial charge in [0.1, 0.15) is 0 Å². The van der Waals surface area contributed by atoms with Crippen molar-refractivity contribution in [1.82, 2.24) is 10.2 Å². The summed E-state index contributed by atoms with van der Waals surface area (Å²) in [5.74, 6) is -0.0259. The fraction of sp³-hybridized carbons (Fsp3) is 0.300. The molecule has 0 spiro atoms. The molecule has 2 rings (SSSR count). The van der Waals surface area contributed by atoms with Crippen molar-refractivity contribution in [3.63, 3.8) is 0 Å². The average molecular weight is 408 g/mol. The van der Waals surface area contributed by atoms with E-state index in [4.69, 9.17) is 23.2 Å². The molecule has 2 aromatic rings. The standard InChI is InChI=1S/C20H23Cl2N3O2/c1-4-25(5-2)19(26)14-6-9-16(10-7-14)24-20(27)23-13(3)17-11-8-15(21)12-18(17)22/h6-13H,4-5H2,1-3H3,(H2,23,24,27). The summed E-state index contributed by atoms with van der Waals surface area (Å²) in [6.07, 6.45) is 0. The summed E-state index contributed by atoms with van der Waals surface area (Å²) in [7, 11) is 0. The van der Waals surface area contributed by atoms with Gasteiger partial charge in [-0.1, -0.05) is 29.3 Å². The normalized spacial score (nSPS) is 11.6. The molecule has 1 unspecified atom stereocenters. The molecule has 27 heavy (non-hydrogen) atoms. The number of rotatable bonds is 6. The van der Waals surface area contributed by atoms with Crippen LogP contribution < -0.4 is 10.6 Å². The average Bonchev–Trinajstić information content (AvgIpc) is 2.63. The first-order chi connectivity index (χ1) is 12.8. The van der Waals surface area contributed by atoms with Crippen molar-refractivity contribution in [2.45, 2.75) is 26.8 Å². The van der Waals surface area contributed by atoms with Crippen LogP contribution in [0.3, 0.4) is 0 Å². The highest BCUT2D eigenvalue weighted by Gasteiger charge is 2.14. The van der Waals surface area contributed by atoms with Gasteiger partial charge in [0, 0.05) is 34.4 Å². The van der Waals surface area contributed by atoms with E-state index in [0.29, 0.717) is 34.4 Å². The first kappa shape index (κ1) is 21.1. The van der Waals surface area contributed by atoms with E-state index in [1.165, 1.54) is 0 Å². The van der Waals surface area contributed by atoms with Gasteiger partial charge in [0.2, 0.25) is 0 Å². The van der Waals surface area contributed by atoms with E-state index in [1.807, 2.05) is 20.8 Å². The smallest absolute Gasteiger partial charge is 0.319 e. The fourth-order valence-electron chi connectivity index (χ4n) is 2.68. The summed E-state index contributed by atoms with van der Waals surface area (Å²) in [4.78, 5) is 26.3. The van der Waals surface area contributed by atoms with Gasteiger partial charge in [-0.05, 0) is 62.7 Å². The lowest BCUT2D eigenvalue weighted by Crippen LogP contribution is -2.31. The quantitative estimate of drug-likeness (QED) is 0.676. The molecule has 5 nitrogen and oxygen atoms in total. The topological polar surface area (TPSA) is 61.4 Å². The van der Waals surface area contributed by atoms with Crippen molar-refractivity contribution in [1.29, 1.82) is 0 Å². The number of hydrogen-bond acceptors (Lipinski definition) is 2. The third kappa shape index (κ3) is 5.62. The predicted molar refractivity (Wildman–Crippen MR) is 111 cm³/mol. The molecule has 0 fully saturated rings.